The van der Waals surface area contributed by atoms with Gasteiger partial charge in [-0.25, -0.2) is 4.98 Å². The van der Waals surface area contributed by atoms with E-state index in [1.807, 2.05) is 28.5 Å². The highest BCUT2D eigenvalue weighted by Crippen LogP contribution is 2.25. The number of carbonyl (C=O) groups is 1. The second kappa shape index (κ2) is 7.62. The molecule has 1 saturated carbocycles. The highest BCUT2D eigenvalue weighted by molar-refractivity contribution is 7.13. The fraction of sp³-hybridized carbons (Fsp3) is 0.526. The van der Waals surface area contributed by atoms with Gasteiger partial charge in [0.25, 0.3) is 0 Å². The van der Waals surface area contributed by atoms with E-state index in [0.717, 1.165) is 48.6 Å². The van der Waals surface area contributed by atoms with Gasteiger partial charge in [-0.3, -0.25) is 14.7 Å². The van der Waals surface area contributed by atoms with E-state index in [1.54, 1.807) is 17.5 Å². The minimum absolute atomic E-state index is 0.198. The summed E-state index contributed by atoms with van der Waals surface area (Å²) in [6.45, 7) is 3.75. The van der Waals surface area contributed by atoms with Crippen LogP contribution in [-0.2, 0) is 11.2 Å². The Bertz CT molecular complexity index is 703. The van der Waals surface area contributed by atoms with Crippen molar-refractivity contribution in [2.75, 3.05) is 26.2 Å². The first-order valence-electron chi connectivity index (χ1n) is 9.17. The SMILES string of the molecule is O=C(Cc1csc(-c2ccccn2)n1)N1CCN(C2CCCC2)CC1. The summed E-state index contributed by atoms with van der Waals surface area (Å²) in [5.74, 6) is 0.198. The third-order valence-corrected chi connectivity index (χ3v) is 6.19. The first-order chi connectivity index (χ1) is 12.3. The first kappa shape index (κ1) is 16.7. The topological polar surface area (TPSA) is 49.3 Å². The van der Waals surface area contributed by atoms with Gasteiger partial charge < -0.3 is 4.90 Å². The number of carbonyl (C=O) groups excluding carboxylic acids is 1. The predicted octanol–water partition coefficient (Wildman–Crippen LogP) is 2.83. The van der Waals surface area contributed by atoms with E-state index in [4.69, 9.17) is 0 Å². The molecule has 1 saturated heterocycles. The molecule has 0 unspecified atom stereocenters. The lowest BCUT2D eigenvalue weighted by Crippen LogP contribution is -2.51. The second-order valence-corrected chi connectivity index (χ2v) is 7.75. The summed E-state index contributed by atoms with van der Waals surface area (Å²) in [7, 11) is 0. The van der Waals surface area contributed by atoms with Crippen molar-refractivity contribution >= 4 is 17.2 Å². The zero-order chi connectivity index (χ0) is 17.1. The van der Waals surface area contributed by atoms with Crippen LogP contribution >= 0.6 is 11.3 Å². The van der Waals surface area contributed by atoms with Crippen LogP contribution in [0.5, 0.6) is 0 Å². The van der Waals surface area contributed by atoms with Gasteiger partial charge in [0.2, 0.25) is 5.91 Å². The van der Waals surface area contributed by atoms with Gasteiger partial charge in [-0.05, 0) is 25.0 Å². The van der Waals surface area contributed by atoms with E-state index < -0.39 is 0 Å². The fourth-order valence-corrected chi connectivity index (χ4v) is 4.66. The smallest absolute Gasteiger partial charge is 0.228 e. The summed E-state index contributed by atoms with van der Waals surface area (Å²) in [4.78, 5) is 26.1. The Balaban J connectivity index is 1.31. The van der Waals surface area contributed by atoms with Crippen LogP contribution in [0.1, 0.15) is 31.4 Å². The quantitative estimate of drug-likeness (QED) is 0.845. The monoisotopic (exact) mass is 356 g/mol. The van der Waals surface area contributed by atoms with E-state index in [-0.39, 0.29) is 5.91 Å². The molecule has 0 bridgehead atoms. The minimum Gasteiger partial charge on any atom is -0.340 e. The number of hydrogen-bond donors (Lipinski definition) is 0. The van der Waals surface area contributed by atoms with Gasteiger partial charge in [0.15, 0.2) is 0 Å². The van der Waals surface area contributed by atoms with E-state index in [9.17, 15) is 4.79 Å². The number of hydrogen-bond acceptors (Lipinski definition) is 5. The van der Waals surface area contributed by atoms with Crippen LogP contribution in [0.25, 0.3) is 10.7 Å². The third-order valence-electron chi connectivity index (χ3n) is 5.28. The van der Waals surface area contributed by atoms with Crippen LogP contribution in [-0.4, -0.2) is 57.9 Å². The molecule has 0 N–H and O–H groups in total. The molecule has 0 spiro atoms. The van der Waals surface area contributed by atoms with E-state index in [2.05, 4.69) is 14.9 Å². The van der Waals surface area contributed by atoms with Crippen molar-refractivity contribution in [3.8, 4) is 10.7 Å². The molecule has 0 aromatic carbocycles. The van der Waals surface area contributed by atoms with Gasteiger partial charge in [0, 0.05) is 43.8 Å². The van der Waals surface area contributed by atoms with Gasteiger partial charge in [0.05, 0.1) is 17.8 Å². The second-order valence-electron chi connectivity index (χ2n) is 6.89. The Morgan fingerprint density at radius 2 is 1.96 bits per heavy atom. The van der Waals surface area contributed by atoms with Crippen LogP contribution in [0, 0.1) is 0 Å². The standard InChI is InChI=1S/C19H24N4OS/c24-18(23-11-9-22(10-12-23)16-5-1-2-6-16)13-15-14-25-19(21-15)17-7-3-4-8-20-17/h3-4,7-8,14,16H,1-2,5-6,9-13H2. The molecular weight excluding hydrogens is 332 g/mol. The molecule has 2 fully saturated rings. The van der Waals surface area contributed by atoms with Crippen molar-refractivity contribution in [1.82, 2.24) is 19.8 Å². The van der Waals surface area contributed by atoms with Crippen LogP contribution in [0.15, 0.2) is 29.8 Å². The highest BCUT2D eigenvalue weighted by Gasteiger charge is 2.28. The number of pyridine rings is 1. The zero-order valence-electron chi connectivity index (χ0n) is 14.4. The van der Waals surface area contributed by atoms with Gasteiger partial charge in [-0.2, -0.15) is 0 Å². The average Bonchev–Trinajstić information content (AvgIpc) is 3.35. The summed E-state index contributed by atoms with van der Waals surface area (Å²) in [5, 5.41) is 2.87. The van der Waals surface area contributed by atoms with Crippen molar-refractivity contribution in [2.24, 2.45) is 0 Å². The maximum atomic E-state index is 12.6. The Labute approximate surface area is 152 Å². The normalized spacial score (nSPS) is 19.4. The van der Waals surface area contributed by atoms with Gasteiger partial charge in [0.1, 0.15) is 5.01 Å². The molecule has 4 rings (SSSR count). The summed E-state index contributed by atoms with van der Waals surface area (Å²) >= 11 is 1.56. The van der Waals surface area contributed by atoms with E-state index in [1.165, 1.54) is 25.7 Å². The van der Waals surface area contributed by atoms with E-state index in [0.29, 0.717) is 6.42 Å². The zero-order valence-corrected chi connectivity index (χ0v) is 15.2. The summed E-state index contributed by atoms with van der Waals surface area (Å²) in [6, 6.07) is 6.56. The van der Waals surface area contributed by atoms with Crippen molar-refractivity contribution in [2.45, 2.75) is 38.1 Å². The van der Waals surface area contributed by atoms with Crippen molar-refractivity contribution in [3.63, 3.8) is 0 Å². The predicted molar refractivity (Wildman–Crippen MR) is 99.5 cm³/mol. The molecule has 2 aromatic rings. The number of amides is 1. The lowest BCUT2D eigenvalue weighted by Gasteiger charge is -2.38. The molecule has 0 radical (unpaired) electrons. The summed E-state index contributed by atoms with van der Waals surface area (Å²) < 4.78 is 0. The minimum atomic E-state index is 0.198. The van der Waals surface area contributed by atoms with Gasteiger partial charge in [-0.1, -0.05) is 18.9 Å². The maximum absolute atomic E-state index is 12.6. The lowest BCUT2D eigenvalue weighted by atomic mass is 10.1. The number of thiazole rings is 1. The molecule has 1 amide bonds. The van der Waals surface area contributed by atoms with Gasteiger partial charge in [-0.15, -0.1) is 11.3 Å². The van der Waals surface area contributed by atoms with Crippen LogP contribution < -0.4 is 0 Å². The molecular formula is C19H24N4OS. The average molecular weight is 356 g/mol. The Hall–Kier alpha value is -1.79. The molecule has 1 aliphatic heterocycles. The van der Waals surface area contributed by atoms with Crippen molar-refractivity contribution < 1.29 is 4.79 Å². The third kappa shape index (κ3) is 3.90. The first-order valence-corrected chi connectivity index (χ1v) is 10.1. The molecule has 25 heavy (non-hydrogen) atoms. The number of piperazine rings is 1. The summed E-state index contributed by atoms with van der Waals surface area (Å²) in [6.07, 6.45) is 7.57. The van der Waals surface area contributed by atoms with Crippen LogP contribution in [0.3, 0.4) is 0 Å². The molecule has 5 nitrogen and oxygen atoms in total. The Kier molecular flexibility index (Phi) is 5.08. The molecule has 3 heterocycles. The largest absolute Gasteiger partial charge is 0.340 e. The van der Waals surface area contributed by atoms with Crippen LogP contribution in [0.2, 0.25) is 0 Å². The molecule has 1 aliphatic carbocycles. The summed E-state index contributed by atoms with van der Waals surface area (Å²) in [5.41, 5.74) is 1.73. The fourth-order valence-electron chi connectivity index (χ4n) is 3.87. The number of nitrogens with zero attached hydrogens (tertiary/aromatic N) is 4. The van der Waals surface area contributed by atoms with E-state index >= 15 is 0 Å². The Morgan fingerprint density at radius 1 is 1.16 bits per heavy atom. The molecule has 132 valence electrons. The maximum Gasteiger partial charge on any atom is 0.228 e. The number of aromatic nitrogens is 2. The highest BCUT2D eigenvalue weighted by atomic mass is 32.1. The Morgan fingerprint density at radius 3 is 2.68 bits per heavy atom. The molecule has 0 atom stereocenters. The number of rotatable bonds is 4. The van der Waals surface area contributed by atoms with Gasteiger partial charge >= 0.3 is 0 Å². The lowest BCUT2D eigenvalue weighted by molar-refractivity contribution is -0.132. The van der Waals surface area contributed by atoms with Crippen molar-refractivity contribution in [3.05, 3.63) is 35.5 Å². The molecule has 6 heteroatoms. The van der Waals surface area contributed by atoms with Crippen molar-refractivity contribution in [1.29, 1.82) is 0 Å². The van der Waals surface area contributed by atoms with Crippen LogP contribution in [0.4, 0.5) is 0 Å². The molecule has 2 aliphatic rings. The molecule has 2 aromatic heterocycles.